The molecule has 1 saturated carbocycles. The van der Waals surface area contributed by atoms with Crippen LogP contribution in [-0.4, -0.2) is 30.2 Å². The van der Waals surface area contributed by atoms with Crippen LogP contribution in [0.1, 0.15) is 6.42 Å². The van der Waals surface area contributed by atoms with Crippen LogP contribution >= 0.6 is 0 Å². The number of Topliss-reactive ketones (excluding diaryl/α,β-unsaturated/α-hetero) is 1. The highest BCUT2D eigenvalue weighted by atomic mass is 32.3. The minimum Gasteiger partial charge on any atom is -0.343 e. The second kappa shape index (κ2) is 3.21. The Balaban J connectivity index is 1.97. The molecule has 0 aromatic carbocycles. The summed E-state index contributed by atoms with van der Waals surface area (Å²) in [4.78, 5) is 13.1. The van der Waals surface area contributed by atoms with E-state index in [9.17, 15) is 13.2 Å². The average Bonchev–Trinajstić information content (AvgIpc) is 2.97. The van der Waals surface area contributed by atoms with Gasteiger partial charge in [0.2, 0.25) is 5.88 Å². The number of rotatable bonds is 2. The van der Waals surface area contributed by atoms with Crippen LogP contribution in [0.4, 0.5) is 0 Å². The Morgan fingerprint density at radius 2 is 2.24 bits per heavy atom. The Bertz CT molecular complexity index is 598. The smallest absolute Gasteiger partial charge is 0.343 e. The van der Waals surface area contributed by atoms with Crippen LogP contribution in [0, 0.1) is 5.92 Å². The Morgan fingerprint density at radius 1 is 1.47 bits per heavy atom. The van der Waals surface area contributed by atoms with E-state index in [1.807, 2.05) is 0 Å². The van der Waals surface area contributed by atoms with Crippen molar-refractivity contribution in [3.63, 3.8) is 0 Å². The van der Waals surface area contributed by atoms with E-state index in [0.29, 0.717) is 0 Å². The number of ketones is 1. The molecule has 0 amide bonds. The maximum Gasteiger partial charge on any atom is 0.447 e. The van der Waals surface area contributed by atoms with Crippen LogP contribution in [0.3, 0.4) is 0 Å². The second-order valence-electron chi connectivity index (χ2n) is 4.09. The van der Waals surface area contributed by atoms with E-state index in [-0.39, 0.29) is 24.1 Å². The first-order valence-electron chi connectivity index (χ1n) is 5.04. The first-order valence-corrected chi connectivity index (χ1v) is 6.41. The molecule has 0 aromatic heterocycles. The van der Waals surface area contributed by atoms with Crippen molar-refractivity contribution in [3.8, 4) is 0 Å². The SMILES string of the molecule is O=C1CN2C(OS(=O)(=O)O)=CC=CC2=C2CC12. The van der Waals surface area contributed by atoms with Gasteiger partial charge in [0.15, 0.2) is 5.78 Å². The van der Waals surface area contributed by atoms with Gasteiger partial charge >= 0.3 is 10.4 Å². The number of nitrogens with zero attached hydrogens (tertiary/aromatic N) is 1. The van der Waals surface area contributed by atoms with Gasteiger partial charge in [-0.15, -0.1) is 0 Å². The highest BCUT2D eigenvalue weighted by molar-refractivity contribution is 7.81. The summed E-state index contributed by atoms with van der Waals surface area (Å²) in [6.45, 7) is 0.0786. The Hall–Kier alpha value is -1.60. The van der Waals surface area contributed by atoms with Crippen molar-refractivity contribution in [2.24, 2.45) is 5.92 Å². The van der Waals surface area contributed by atoms with Crippen LogP contribution in [0.2, 0.25) is 0 Å². The van der Waals surface area contributed by atoms with Gasteiger partial charge in [0, 0.05) is 11.6 Å². The third-order valence-corrected chi connectivity index (χ3v) is 3.34. The molecule has 0 spiro atoms. The topological polar surface area (TPSA) is 83.9 Å². The van der Waals surface area contributed by atoms with Crippen LogP contribution in [0.25, 0.3) is 0 Å². The van der Waals surface area contributed by atoms with Crippen molar-refractivity contribution < 1.29 is 21.9 Å². The lowest BCUT2D eigenvalue weighted by Gasteiger charge is -2.30. The van der Waals surface area contributed by atoms with Gasteiger partial charge in [-0.3, -0.25) is 9.35 Å². The zero-order chi connectivity index (χ0) is 12.2. The van der Waals surface area contributed by atoms with E-state index in [4.69, 9.17) is 4.55 Å². The number of hydrogen-bond donors (Lipinski definition) is 1. The van der Waals surface area contributed by atoms with Gasteiger partial charge in [0.1, 0.15) is 0 Å². The summed E-state index contributed by atoms with van der Waals surface area (Å²) in [5.74, 6) is -0.00364. The van der Waals surface area contributed by atoms with Gasteiger partial charge in [-0.25, -0.2) is 0 Å². The molecule has 6 nitrogen and oxygen atoms in total. The molecule has 2 aliphatic heterocycles. The summed E-state index contributed by atoms with van der Waals surface area (Å²) in [5, 5.41) is 0. The van der Waals surface area contributed by atoms with E-state index >= 15 is 0 Å². The summed E-state index contributed by atoms with van der Waals surface area (Å²) in [5.41, 5.74) is 1.80. The average molecular weight is 255 g/mol. The van der Waals surface area contributed by atoms with Crippen molar-refractivity contribution in [2.45, 2.75) is 6.42 Å². The molecule has 1 atom stereocenters. The summed E-state index contributed by atoms with van der Waals surface area (Å²) >= 11 is 0. The fourth-order valence-corrected chi connectivity index (χ4v) is 2.52. The molecule has 0 bridgehead atoms. The van der Waals surface area contributed by atoms with E-state index in [2.05, 4.69) is 4.18 Å². The molecule has 0 radical (unpaired) electrons. The van der Waals surface area contributed by atoms with Crippen LogP contribution in [-0.2, 0) is 19.4 Å². The van der Waals surface area contributed by atoms with Gasteiger partial charge in [0.05, 0.1) is 6.54 Å². The molecule has 1 unspecified atom stereocenters. The molecule has 0 aromatic rings. The van der Waals surface area contributed by atoms with Crippen molar-refractivity contribution in [3.05, 3.63) is 35.4 Å². The van der Waals surface area contributed by atoms with E-state index < -0.39 is 10.4 Å². The highest BCUT2D eigenvalue weighted by Crippen LogP contribution is 2.47. The standard InChI is InChI=1S/C10H9NO5S/c12-9-5-11-8(6-4-7(6)9)2-1-3-10(11)16-17(13,14)15/h1-3,7H,4-5H2,(H,13,14,15). The number of carbonyl (C=O) groups excluding carboxylic acids is 1. The summed E-state index contributed by atoms with van der Waals surface area (Å²) in [7, 11) is -4.57. The molecule has 3 aliphatic rings. The molecule has 1 N–H and O–H groups in total. The molecular formula is C10H9NO5S. The van der Waals surface area contributed by atoms with E-state index in [1.54, 1.807) is 12.2 Å². The molecule has 2 heterocycles. The summed E-state index contributed by atoms with van der Waals surface area (Å²) < 4.78 is 34.5. The fourth-order valence-electron chi connectivity index (χ4n) is 2.16. The molecule has 3 rings (SSSR count). The Labute approximate surface area is 97.8 Å². The zero-order valence-corrected chi connectivity index (χ0v) is 9.48. The molecular weight excluding hydrogens is 246 g/mol. The fraction of sp³-hybridized carbons (Fsp3) is 0.300. The third-order valence-electron chi connectivity index (χ3n) is 2.96. The monoisotopic (exact) mass is 255 g/mol. The molecule has 17 heavy (non-hydrogen) atoms. The summed E-state index contributed by atoms with van der Waals surface area (Å²) in [6, 6.07) is 0. The van der Waals surface area contributed by atoms with Crippen molar-refractivity contribution in [1.82, 2.24) is 4.90 Å². The number of allylic oxidation sites excluding steroid dienone is 4. The lowest BCUT2D eigenvalue weighted by atomic mass is 10.1. The largest absolute Gasteiger partial charge is 0.447 e. The second-order valence-corrected chi connectivity index (χ2v) is 5.12. The molecule has 0 saturated heterocycles. The first-order chi connectivity index (χ1) is 7.96. The first kappa shape index (κ1) is 10.5. The van der Waals surface area contributed by atoms with E-state index in [1.165, 1.54) is 11.0 Å². The molecule has 90 valence electrons. The van der Waals surface area contributed by atoms with Gasteiger partial charge < -0.3 is 9.08 Å². The molecule has 1 fully saturated rings. The van der Waals surface area contributed by atoms with Crippen molar-refractivity contribution in [1.29, 1.82) is 0 Å². The quantitative estimate of drug-likeness (QED) is 0.718. The molecule has 7 heteroatoms. The van der Waals surface area contributed by atoms with Crippen molar-refractivity contribution in [2.75, 3.05) is 6.54 Å². The maximum absolute atomic E-state index is 11.6. The Kier molecular flexibility index (Phi) is 1.99. The van der Waals surface area contributed by atoms with E-state index in [0.717, 1.165) is 17.7 Å². The van der Waals surface area contributed by atoms with Gasteiger partial charge in [-0.1, -0.05) is 6.08 Å². The predicted molar refractivity (Wildman–Crippen MR) is 56.7 cm³/mol. The normalized spacial score (nSPS) is 26.4. The molecule has 1 aliphatic carbocycles. The highest BCUT2D eigenvalue weighted by Gasteiger charge is 2.45. The third kappa shape index (κ3) is 1.77. The van der Waals surface area contributed by atoms with Gasteiger partial charge in [-0.2, -0.15) is 8.42 Å². The lowest BCUT2D eigenvalue weighted by molar-refractivity contribution is -0.121. The van der Waals surface area contributed by atoms with Crippen LogP contribution in [0.5, 0.6) is 0 Å². The minimum absolute atomic E-state index is 0.00372. The lowest BCUT2D eigenvalue weighted by Crippen LogP contribution is -2.34. The minimum atomic E-state index is -4.57. The van der Waals surface area contributed by atoms with Gasteiger partial charge in [-0.05, 0) is 24.1 Å². The van der Waals surface area contributed by atoms with Gasteiger partial charge in [0.25, 0.3) is 0 Å². The number of carbonyl (C=O) groups is 1. The summed E-state index contributed by atoms with van der Waals surface area (Å²) in [6.07, 6.45) is 5.56. The van der Waals surface area contributed by atoms with Crippen LogP contribution < -0.4 is 0 Å². The predicted octanol–water partition coefficient (Wildman–Crippen LogP) is 0.376. The number of hydrogen-bond acceptors (Lipinski definition) is 5. The van der Waals surface area contributed by atoms with Crippen molar-refractivity contribution >= 4 is 16.2 Å². The van der Waals surface area contributed by atoms with Crippen LogP contribution in [0.15, 0.2) is 35.4 Å². The zero-order valence-electron chi connectivity index (χ0n) is 8.66. The maximum atomic E-state index is 11.6. The Morgan fingerprint density at radius 3 is 2.94 bits per heavy atom. The number of fused-ring (bicyclic) bond motifs is 2.